The van der Waals surface area contributed by atoms with Gasteiger partial charge >= 0.3 is 0 Å². The number of methoxy groups -OCH3 is 1. The molecule has 0 saturated carbocycles. The van der Waals surface area contributed by atoms with Gasteiger partial charge in [-0.3, -0.25) is 4.90 Å². The number of pyridine rings is 1. The smallest absolute Gasteiger partial charge is 0.275 e. The Bertz CT molecular complexity index is 975. The lowest BCUT2D eigenvalue weighted by molar-refractivity contribution is -0.330. The number of fused-ring (bicyclic) bond motifs is 1. The first-order valence-corrected chi connectivity index (χ1v) is 9.63. The van der Waals surface area contributed by atoms with Crippen LogP contribution in [0.3, 0.4) is 0 Å². The maximum Gasteiger partial charge on any atom is 0.275 e. The summed E-state index contributed by atoms with van der Waals surface area (Å²) in [6.07, 6.45) is 0. The second-order valence-electron chi connectivity index (χ2n) is 7.51. The summed E-state index contributed by atoms with van der Waals surface area (Å²) in [5.74, 6) is 2.10. The van der Waals surface area contributed by atoms with E-state index in [0.717, 1.165) is 37.4 Å². The molecule has 1 aliphatic rings. The Morgan fingerprint density at radius 2 is 1.56 bits per heavy atom. The molecule has 1 fully saturated rings. The molecule has 1 aromatic heterocycles. The van der Waals surface area contributed by atoms with Gasteiger partial charge in [-0.25, -0.2) is 4.98 Å². The van der Waals surface area contributed by atoms with E-state index in [1.54, 1.807) is 7.11 Å². The van der Waals surface area contributed by atoms with Crippen LogP contribution in [0.2, 0.25) is 0 Å². The normalized spacial score (nSPS) is 14.7. The van der Waals surface area contributed by atoms with Crippen molar-refractivity contribution < 1.29 is 9.72 Å². The molecule has 0 unspecified atom stereocenters. The highest BCUT2D eigenvalue weighted by Gasteiger charge is 2.25. The quantitative estimate of drug-likeness (QED) is 0.707. The average molecular weight is 362 g/mol. The predicted octanol–water partition coefficient (Wildman–Crippen LogP) is 3.91. The average Bonchev–Trinajstić information content (AvgIpc) is 2.69. The molecule has 4 rings (SSSR count). The first-order valence-electron chi connectivity index (χ1n) is 9.63. The molecular formula is C23H28N3O+. The lowest BCUT2D eigenvalue weighted by atomic mass is 10.1. The first-order chi connectivity index (χ1) is 13.0. The van der Waals surface area contributed by atoms with Gasteiger partial charge in [0, 0.05) is 17.1 Å². The monoisotopic (exact) mass is 362 g/mol. The third kappa shape index (κ3) is 3.44. The molecule has 0 amide bonds. The molecule has 1 saturated heterocycles. The minimum Gasteiger partial charge on any atom is -0.497 e. The maximum atomic E-state index is 5.37. The molecule has 2 heterocycles. The van der Waals surface area contributed by atoms with Crippen molar-refractivity contribution >= 4 is 22.4 Å². The fraction of sp³-hybridized carbons (Fsp3) is 0.348. The Kier molecular flexibility index (Phi) is 4.65. The van der Waals surface area contributed by atoms with Crippen molar-refractivity contribution in [2.24, 2.45) is 0 Å². The molecule has 1 aliphatic heterocycles. The maximum absolute atomic E-state index is 5.37. The number of nitrogens with zero attached hydrogens (tertiary/aromatic N) is 2. The molecule has 0 radical (unpaired) electrons. The molecule has 2 aromatic carbocycles. The lowest BCUT2D eigenvalue weighted by Gasteiger charge is -2.33. The van der Waals surface area contributed by atoms with Crippen molar-refractivity contribution in [3.63, 3.8) is 0 Å². The first kappa shape index (κ1) is 17.7. The highest BCUT2D eigenvalue weighted by atomic mass is 16.5. The number of aromatic nitrogens is 1. The second kappa shape index (κ2) is 7.10. The van der Waals surface area contributed by atoms with Crippen LogP contribution < -0.4 is 19.5 Å². The van der Waals surface area contributed by atoms with Crippen molar-refractivity contribution in [1.29, 1.82) is 0 Å². The number of hydrogen-bond acceptors (Lipinski definition) is 3. The van der Waals surface area contributed by atoms with E-state index in [1.807, 2.05) is 6.07 Å². The highest BCUT2D eigenvalue weighted by molar-refractivity contribution is 5.81. The van der Waals surface area contributed by atoms with Gasteiger partial charge in [-0.2, -0.15) is 0 Å². The third-order valence-electron chi connectivity index (χ3n) is 5.59. The largest absolute Gasteiger partial charge is 0.497 e. The molecule has 0 atom stereocenters. The molecule has 0 bridgehead atoms. The summed E-state index contributed by atoms with van der Waals surface area (Å²) in [4.78, 5) is 8.58. The molecule has 0 aliphatic carbocycles. The van der Waals surface area contributed by atoms with Gasteiger partial charge < -0.3 is 9.64 Å². The minimum absolute atomic E-state index is 0.897. The lowest BCUT2D eigenvalue weighted by Crippen LogP contribution is -2.48. The molecule has 140 valence electrons. The molecule has 3 aromatic rings. The molecule has 1 N–H and O–H groups in total. The van der Waals surface area contributed by atoms with Crippen molar-refractivity contribution in [2.45, 2.75) is 20.8 Å². The zero-order valence-electron chi connectivity index (χ0n) is 16.7. The molecule has 27 heavy (non-hydrogen) atoms. The van der Waals surface area contributed by atoms with E-state index in [0.29, 0.717) is 0 Å². The number of hydrogen-bond donors (Lipinski definition) is 0. The van der Waals surface area contributed by atoms with Gasteiger partial charge in [0.2, 0.25) is 0 Å². The molecule has 4 nitrogen and oxygen atoms in total. The molecule has 0 spiro atoms. The highest BCUT2D eigenvalue weighted by Crippen LogP contribution is 2.26. The van der Waals surface area contributed by atoms with Gasteiger partial charge in [-0.05, 0) is 61.7 Å². The van der Waals surface area contributed by atoms with E-state index in [9.17, 15) is 0 Å². The number of H-pyrrole nitrogens is 1. The Hall–Kier alpha value is -2.75. The minimum atomic E-state index is 0.897. The van der Waals surface area contributed by atoms with Crippen molar-refractivity contribution in [3.05, 3.63) is 59.2 Å². The summed E-state index contributed by atoms with van der Waals surface area (Å²) >= 11 is 0. The van der Waals surface area contributed by atoms with Gasteiger partial charge in [-0.15, -0.1) is 0 Å². The van der Waals surface area contributed by atoms with Gasteiger partial charge in [0.25, 0.3) is 5.82 Å². The Morgan fingerprint density at radius 3 is 2.30 bits per heavy atom. The van der Waals surface area contributed by atoms with Crippen molar-refractivity contribution in [3.8, 4) is 5.75 Å². The fourth-order valence-corrected chi connectivity index (χ4v) is 3.96. The van der Waals surface area contributed by atoms with Crippen LogP contribution in [0, 0.1) is 20.8 Å². The van der Waals surface area contributed by atoms with E-state index in [2.05, 4.69) is 72.0 Å². The van der Waals surface area contributed by atoms with E-state index >= 15 is 0 Å². The summed E-state index contributed by atoms with van der Waals surface area (Å²) in [5.41, 5.74) is 6.49. The third-order valence-corrected chi connectivity index (χ3v) is 5.59. The van der Waals surface area contributed by atoms with Gasteiger partial charge in [-0.1, -0.05) is 12.1 Å². The summed E-state index contributed by atoms with van der Waals surface area (Å²) < 4.78 is 5.37. The fourth-order valence-electron chi connectivity index (χ4n) is 3.96. The zero-order valence-corrected chi connectivity index (χ0v) is 16.7. The number of piperazine rings is 1. The topological polar surface area (TPSA) is 29.9 Å². The van der Waals surface area contributed by atoms with E-state index in [-0.39, 0.29) is 0 Å². The summed E-state index contributed by atoms with van der Waals surface area (Å²) in [5, 5.41) is 1.21. The zero-order chi connectivity index (χ0) is 19.0. The number of benzene rings is 2. The number of rotatable bonds is 3. The molecular weight excluding hydrogens is 334 g/mol. The van der Waals surface area contributed by atoms with Gasteiger partial charge in [0.15, 0.2) is 0 Å². The van der Waals surface area contributed by atoms with Crippen LogP contribution in [0.1, 0.15) is 16.7 Å². The summed E-state index contributed by atoms with van der Waals surface area (Å²) in [6, 6.07) is 15.2. The van der Waals surface area contributed by atoms with E-state index < -0.39 is 0 Å². The standard InChI is InChI=1S/C23H27N3O/c1-16-5-6-17(2)22(13-16)25-9-11-26(12-10-25)23-14-18(3)20-15-19(27-4)7-8-21(20)24-23/h5-8,13-15H,9-12H2,1-4H3/p+1. The number of ether oxygens (including phenoxy) is 1. The number of aryl methyl sites for hydroxylation is 3. The summed E-state index contributed by atoms with van der Waals surface area (Å²) in [7, 11) is 1.71. The van der Waals surface area contributed by atoms with E-state index in [4.69, 9.17) is 4.74 Å². The van der Waals surface area contributed by atoms with Crippen molar-refractivity contribution in [1.82, 2.24) is 0 Å². The van der Waals surface area contributed by atoms with Crippen LogP contribution in [0.15, 0.2) is 42.5 Å². The van der Waals surface area contributed by atoms with Crippen LogP contribution in [0.25, 0.3) is 10.9 Å². The van der Waals surface area contributed by atoms with Crippen LogP contribution in [0.4, 0.5) is 11.5 Å². The van der Waals surface area contributed by atoms with Gasteiger partial charge in [0.05, 0.1) is 20.2 Å². The second-order valence-corrected chi connectivity index (χ2v) is 7.51. The van der Waals surface area contributed by atoms with Crippen molar-refractivity contribution in [2.75, 3.05) is 43.1 Å². The Morgan fingerprint density at radius 1 is 0.815 bits per heavy atom. The molecule has 4 heteroatoms. The summed E-state index contributed by atoms with van der Waals surface area (Å²) in [6.45, 7) is 10.7. The van der Waals surface area contributed by atoms with Crippen LogP contribution in [-0.2, 0) is 0 Å². The van der Waals surface area contributed by atoms with Gasteiger partial charge in [0.1, 0.15) is 24.4 Å². The number of anilines is 2. The number of aromatic amines is 1. The predicted molar refractivity (Wildman–Crippen MR) is 112 cm³/mol. The van der Waals surface area contributed by atoms with Crippen LogP contribution in [-0.4, -0.2) is 33.3 Å². The van der Waals surface area contributed by atoms with Crippen LogP contribution >= 0.6 is 0 Å². The number of nitrogens with one attached hydrogen (secondary N) is 1. The van der Waals surface area contributed by atoms with E-state index in [1.165, 1.54) is 33.6 Å². The SMILES string of the molecule is COc1ccc2[nH+]c(N3CCN(c4cc(C)ccc4C)CC3)cc(C)c2c1. The Labute approximate surface area is 161 Å². The van der Waals surface area contributed by atoms with Crippen LogP contribution in [0.5, 0.6) is 5.75 Å². The Balaban J connectivity index is 1.55.